The molecule has 2 aromatic rings. The molecule has 1 atom stereocenters. The second kappa shape index (κ2) is 6.55. The molecule has 0 spiro atoms. The van der Waals surface area contributed by atoms with Gasteiger partial charge in [0.15, 0.2) is 5.82 Å². The van der Waals surface area contributed by atoms with Crippen molar-refractivity contribution in [3.8, 4) is 11.5 Å². The number of halogens is 1. The van der Waals surface area contributed by atoms with Crippen molar-refractivity contribution in [2.24, 2.45) is 0 Å². The summed E-state index contributed by atoms with van der Waals surface area (Å²) in [6.07, 6.45) is 4.22. The van der Waals surface area contributed by atoms with Crippen LogP contribution in [-0.4, -0.2) is 44.6 Å². The van der Waals surface area contributed by atoms with Gasteiger partial charge in [-0.2, -0.15) is 0 Å². The summed E-state index contributed by atoms with van der Waals surface area (Å²) in [5.41, 5.74) is 1.35. The molecule has 0 aliphatic carbocycles. The number of aromatic nitrogens is 3. The normalized spacial score (nSPS) is 18.0. The van der Waals surface area contributed by atoms with E-state index in [0.29, 0.717) is 13.1 Å². The van der Waals surface area contributed by atoms with Crippen LogP contribution in [0.5, 0.6) is 0 Å². The lowest BCUT2D eigenvalue weighted by molar-refractivity contribution is 0.0292. The molecule has 0 saturated carbocycles. The van der Waals surface area contributed by atoms with E-state index in [1.807, 2.05) is 39.1 Å². The first-order chi connectivity index (χ1) is 11.3. The van der Waals surface area contributed by atoms with Gasteiger partial charge >= 0.3 is 6.09 Å². The summed E-state index contributed by atoms with van der Waals surface area (Å²) in [7, 11) is 0. The van der Waals surface area contributed by atoms with Crippen LogP contribution in [0, 0.1) is 0 Å². The Morgan fingerprint density at radius 3 is 2.92 bits per heavy atom. The summed E-state index contributed by atoms with van der Waals surface area (Å²) in [6.45, 7) is 6.98. The number of H-pyrrole nitrogens is 1. The van der Waals surface area contributed by atoms with E-state index in [2.05, 4.69) is 30.9 Å². The Kier molecular flexibility index (Phi) is 4.62. The zero-order valence-electron chi connectivity index (χ0n) is 14.0. The van der Waals surface area contributed by atoms with Crippen molar-refractivity contribution in [3.05, 3.63) is 34.7 Å². The third-order valence-corrected chi connectivity index (χ3v) is 4.33. The average Bonchev–Trinajstić information content (AvgIpc) is 3.15. The first-order valence-corrected chi connectivity index (χ1v) is 8.76. The molecule has 1 N–H and O–H groups in total. The average molecular weight is 393 g/mol. The van der Waals surface area contributed by atoms with Crippen molar-refractivity contribution in [2.75, 3.05) is 13.1 Å². The van der Waals surface area contributed by atoms with Crippen molar-refractivity contribution in [1.82, 2.24) is 19.9 Å². The Hall–Kier alpha value is -1.89. The third-order valence-electron chi connectivity index (χ3n) is 3.84. The molecule has 1 aliphatic rings. The zero-order valence-corrected chi connectivity index (χ0v) is 15.6. The molecular weight excluding hydrogens is 372 g/mol. The second-order valence-electron chi connectivity index (χ2n) is 6.96. The van der Waals surface area contributed by atoms with Gasteiger partial charge in [0.25, 0.3) is 0 Å². The number of carbonyl (C=O) groups is 1. The van der Waals surface area contributed by atoms with Crippen molar-refractivity contribution in [3.63, 3.8) is 0 Å². The van der Waals surface area contributed by atoms with Crippen LogP contribution in [0.3, 0.4) is 0 Å². The van der Waals surface area contributed by atoms with E-state index in [-0.39, 0.29) is 12.0 Å². The number of rotatable bonds is 2. The largest absolute Gasteiger partial charge is 0.444 e. The molecule has 1 amide bonds. The number of imidazole rings is 1. The van der Waals surface area contributed by atoms with Crippen LogP contribution in [0.2, 0.25) is 0 Å². The van der Waals surface area contributed by atoms with Crippen molar-refractivity contribution >= 4 is 22.0 Å². The molecule has 0 bridgehead atoms. The van der Waals surface area contributed by atoms with E-state index >= 15 is 0 Å². The maximum Gasteiger partial charge on any atom is 0.410 e. The molecule has 2 aromatic heterocycles. The number of amides is 1. The Bertz CT molecular complexity index is 738. The highest BCUT2D eigenvalue weighted by atomic mass is 79.9. The minimum Gasteiger partial charge on any atom is -0.444 e. The first kappa shape index (κ1) is 17.0. The standard InChI is InChI=1S/C17H21BrN4O2/c1-17(2,3)24-16(23)22-7-5-11(10-22)14-9-20-15(21-14)13-8-12(18)4-6-19-13/h4,6,8-9,11H,5,7,10H2,1-3H3,(H,20,21). The molecule has 128 valence electrons. The molecule has 7 heteroatoms. The van der Waals surface area contributed by atoms with Crippen molar-refractivity contribution in [2.45, 2.75) is 38.7 Å². The van der Waals surface area contributed by atoms with Crippen LogP contribution >= 0.6 is 15.9 Å². The highest BCUT2D eigenvalue weighted by Gasteiger charge is 2.31. The van der Waals surface area contributed by atoms with Gasteiger partial charge in [0.05, 0.1) is 0 Å². The monoisotopic (exact) mass is 392 g/mol. The highest BCUT2D eigenvalue weighted by Crippen LogP contribution is 2.28. The Labute approximate surface area is 149 Å². The summed E-state index contributed by atoms with van der Waals surface area (Å²) in [5, 5.41) is 0. The molecule has 24 heavy (non-hydrogen) atoms. The van der Waals surface area contributed by atoms with Crippen LogP contribution in [0.4, 0.5) is 4.79 Å². The molecule has 1 aliphatic heterocycles. The van der Waals surface area contributed by atoms with Crippen LogP contribution in [0.25, 0.3) is 11.5 Å². The molecule has 3 rings (SSSR count). The Morgan fingerprint density at radius 1 is 1.42 bits per heavy atom. The number of pyridine rings is 1. The fraction of sp³-hybridized carbons (Fsp3) is 0.471. The van der Waals surface area contributed by atoms with E-state index in [1.165, 1.54) is 0 Å². The van der Waals surface area contributed by atoms with E-state index in [9.17, 15) is 4.79 Å². The third kappa shape index (κ3) is 3.95. The van der Waals surface area contributed by atoms with Gasteiger partial charge in [0.1, 0.15) is 11.3 Å². The lowest BCUT2D eigenvalue weighted by Gasteiger charge is -2.24. The number of hydrogen-bond acceptors (Lipinski definition) is 4. The summed E-state index contributed by atoms with van der Waals surface area (Å²) in [5.74, 6) is 0.980. The van der Waals surface area contributed by atoms with Gasteiger partial charge in [-0.3, -0.25) is 4.98 Å². The highest BCUT2D eigenvalue weighted by molar-refractivity contribution is 9.10. The van der Waals surface area contributed by atoms with Crippen molar-refractivity contribution in [1.29, 1.82) is 0 Å². The lowest BCUT2D eigenvalue weighted by Crippen LogP contribution is -2.35. The maximum absolute atomic E-state index is 12.2. The van der Waals surface area contributed by atoms with Crippen LogP contribution in [-0.2, 0) is 4.74 Å². The van der Waals surface area contributed by atoms with Crippen LogP contribution < -0.4 is 0 Å². The molecule has 6 nitrogen and oxygen atoms in total. The molecule has 1 fully saturated rings. The Morgan fingerprint density at radius 2 is 2.21 bits per heavy atom. The molecule has 0 radical (unpaired) electrons. The van der Waals surface area contributed by atoms with Gasteiger partial charge in [-0.05, 0) is 39.3 Å². The zero-order chi connectivity index (χ0) is 17.3. The van der Waals surface area contributed by atoms with Gasteiger partial charge in [-0.1, -0.05) is 15.9 Å². The van der Waals surface area contributed by atoms with Crippen LogP contribution in [0.15, 0.2) is 29.0 Å². The number of nitrogens with zero attached hydrogens (tertiary/aromatic N) is 3. The predicted octanol–water partition coefficient (Wildman–Crippen LogP) is 3.96. The molecule has 1 unspecified atom stereocenters. The van der Waals surface area contributed by atoms with Gasteiger partial charge in [-0.25, -0.2) is 9.78 Å². The number of aromatic amines is 1. The second-order valence-corrected chi connectivity index (χ2v) is 7.87. The summed E-state index contributed by atoms with van der Waals surface area (Å²) < 4.78 is 6.40. The first-order valence-electron chi connectivity index (χ1n) is 7.96. The summed E-state index contributed by atoms with van der Waals surface area (Å²) in [4.78, 5) is 26.0. The number of carbonyl (C=O) groups excluding carboxylic acids is 1. The van der Waals surface area contributed by atoms with Crippen LogP contribution in [0.1, 0.15) is 38.8 Å². The van der Waals surface area contributed by atoms with Gasteiger partial charge < -0.3 is 14.6 Å². The van der Waals surface area contributed by atoms with E-state index in [4.69, 9.17) is 4.74 Å². The molecule has 3 heterocycles. The fourth-order valence-electron chi connectivity index (χ4n) is 2.71. The number of likely N-dealkylation sites (tertiary alicyclic amines) is 1. The van der Waals surface area contributed by atoms with Gasteiger partial charge in [-0.15, -0.1) is 0 Å². The van der Waals surface area contributed by atoms with E-state index in [0.717, 1.165) is 28.1 Å². The van der Waals surface area contributed by atoms with E-state index < -0.39 is 5.60 Å². The van der Waals surface area contributed by atoms with Gasteiger partial charge in [0, 0.05) is 41.6 Å². The van der Waals surface area contributed by atoms with E-state index in [1.54, 1.807) is 11.1 Å². The Balaban J connectivity index is 1.68. The molecule has 0 aromatic carbocycles. The number of ether oxygens (including phenoxy) is 1. The van der Waals surface area contributed by atoms with Crippen molar-refractivity contribution < 1.29 is 9.53 Å². The molecular formula is C17H21BrN4O2. The number of hydrogen-bond donors (Lipinski definition) is 1. The minimum atomic E-state index is -0.470. The topological polar surface area (TPSA) is 71.1 Å². The fourth-order valence-corrected chi connectivity index (χ4v) is 3.05. The number of nitrogens with one attached hydrogen (secondary N) is 1. The summed E-state index contributed by atoms with van der Waals surface area (Å²) >= 11 is 3.44. The lowest BCUT2D eigenvalue weighted by atomic mass is 10.1. The summed E-state index contributed by atoms with van der Waals surface area (Å²) in [6, 6.07) is 3.80. The predicted molar refractivity (Wildman–Crippen MR) is 94.7 cm³/mol. The SMILES string of the molecule is CC(C)(C)OC(=O)N1CCC(c2cnc(-c3cc(Br)ccn3)[nH]2)C1. The maximum atomic E-state index is 12.2. The smallest absolute Gasteiger partial charge is 0.410 e. The van der Waals surface area contributed by atoms with Gasteiger partial charge in [0.2, 0.25) is 0 Å². The molecule has 1 saturated heterocycles. The minimum absolute atomic E-state index is 0.242. The quantitative estimate of drug-likeness (QED) is 0.839.